The summed E-state index contributed by atoms with van der Waals surface area (Å²) in [5.41, 5.74) is 2.14. The number of fused-ring (bicyclic) bond motifs is 1. The van der Waals surface area contributed by atoms with Crippen molar-refractivity contribution in [2.75, 3.05) is 12.8 Å². The molecule has 0 aromatic carbocycles. The second-order valence-corrected chi connectivity index (χ2v) is 8.87. The van der Waals surface area contributed by atoms with Crippen LogP contribution in [-0.2, 0) is 6.42 Å². The van der Waals surface area contributed by atoms with Crippen molar-refractivity contribution in [3.05, 3.63) is 16.0 Å². The first-order valence-electron chi connectivity index (χ1n) is 8.86. The summed E-state index contributed by atoms with van der Waals surface area (Å²) in [6.07, 6.45) is 12.2. The van der Waals surface area contributed by atoms with Crippen molar-refractivity contribution in [1.29, 1.82) is 0 Å². The molecule has 1 atom stereocenters. The molecule has 2 aliphatic carbocycles. The van der Waals surface area contributed by atoms with E-state index >= 15 is 0 Å². The van der Waals surface area contributed by atoms with Gasteiger partial charge in [-0.05, 0) is 43.4 Å². The van der Waals surface area contributed by atoms with Gasteiger partial charge in [0.1, 0.15) is 0 Å². The largest absolute Gasteiger partial charge is 0.388 e. The van der Waals surface area contributed by atoms with Crippen molar-refractivity contribution in [3.63, 3.8) is 0 Å². The lowest BCUT2D eigenvalue weighted by molar-refractivity contribution is 0.0952. The van der Waals surface area contributed by atoms with E-state index in [1.54, 1.807) is 23.1 Å². The van der Waals surface area contributed by atoms with Crippen LogP contribution in [0.4, 0.5) is 0 Å². The van der Waals surface area contributed by atoms with E-state index in [1.165, 1.54) is 32.1 Å². The van der Waals surface area contributed by atoms with Crippen LogP contribution in [0.1, 0.15) is 78.3 Å². The van der Waals surface area contributed by atoms with E-state index in [0.29, 0.717) is 0 Å². The molecule has 0 aliphatic heterocycles. The standard InChI is InChI=1S/C18H27NO2S2/c1-22-18-15-13(8-5-9-14(15)20)16(23-18)17(21)19-11-10-12-6-3-2-4-7-12/h12,14,20H,2-11H2,1H3,(H,19,21). The van der Waals surface area contributed by atoms with Gasteiger partial charge in [-0.25, -0.2) is 0 Å². The van der Waals surface area contributed by atoms with Crippen molar-refractivity contribution in [1.82, 2.24) is 5.32 Å². The molecule has 0 spiro atoms. The Bertz CT molecular complexity index is 549. The summed E-state index contributed by atoms with van der Waals surface area (Å²) in [6, 6.07) is 0. The summed E-state index contributed by atoms with van der Waals surface area (Å²) in [5, 5.41) is 13.4. The molecule has 23 heavy (non-hydrogen) atoms. The zero-order valence-corrected chi connectivity index (χ0v) is 15.5. The molecule has 1 amide bonds. The molecular weight excluding hydrogens is 326 g/mol. The number of carbonyl (C=O) groups is 1. The number of aliphatic hydroxyl groups is 1. The summed E-state index contributed by atoms with van der Waals surface area (Å²) in [6.45, 7) is 0.785. The van der Waals surface area contributed by atoms with Gasteiger partial charge in [-0.1, -0.05) is 32.1 Å². The van der Waals surface area contributed by atoms with Gasteiger partial charge in [-0.2, -0.15) is 0 Å². The van der Waals surface area contributed by atoms with Crippen molar-refractivity contribution in [2.24, 2.45) is 5.92 Å². The summed E-state index contributed by atoms with van der Waals surface area (Å²) in [4.78, 5) is 13.4. The molecule has 1 aromatic rings. The van der Waals surface area contributed by atoms with Crippen LogP contribution in [0.15, 0.2) is 4.21 Å². The molecule has 3 rings (SSSR count). The highest BCUT2D eigenvalue weighted by Crippen LogP contribution is 2.43. The lowest BCUT2D eigenvalue weighted by atomic mass is 9.87. The van der Waals surface area contributed by atoms with Gasteiger partial charge >= 0.3 is 0 Å². The number of hydrogen-bond acceptors (Lipinski definition) is 4. The van der Waals surface area contributed by atoms with Gasteiger partial charge in [0.2, 0.25) is 0 Å². The minimum Gasteiger partial charge on any atom is -0.388 e. The van der Waals surface area contributed by atoms with E-state index in [-0.39, 0.29) is 12.0 Å². The maximum Gasteiger partial charge on any atom is 0.261 e. The number of aliphatic hydroxyl groups excluding tert-OH is 1. The van der Waals surface area contributed by atoms with E-state index in [4.69, 9.17) is 0 Å². The van der Waals surface area contributed by atoms with Crippen LogP contribution in [0, 0.1) is 5.92 Å². The van der Waals surface area contributed by atoms with Crippen LogP contribution in [-0.4, -0.2) is 23.8 Å². The fraction of sp³-hybridized carbons (Fsp3) is 0.722. The molecule has 0 saturated heterocycles. The highest BCUT2D eigenvalue weighted by molar-refractivity contribution is 8.00. The fourth-order valence-electron chi connectivity index (χ4n) is 3.94. The minimum atomic E-state index is -0.388. The minimum absolute atomic E-state index is 0.0662. The Morgan fingerprint density at radius 3 is 2.78 bits per heavy atom. The number of hydrogen-bond donors (Lipinski definition) is 2. The second kappa shape index (κ2) is 8.04. The number of amides is 1. The van der Waals surface area contributed by atoms with E-state index in [0.717, 1.165) is 58.4 Å². The van der Waals surface area contributed by atoms with Crippen molar-refractivity contribution in [2.45, 2.75) is 68.1 Å². The number of thiophene rings is 1. The normalized spacial score (nSPS) is 21.9. The molecule has 1 fully saturated rings. The summed E-state index contributed by atoms with van der Waals surface area (Å²) in [5.74, 6) is 0.862. The Balaban J connectivity index is 1.63. The Hall–Kier alpha value is -0.520. The fourth-order valence-corrected chi connectivity index (χ4v) is 6.05. The van der Waals surface area contributed by atoms with E-state index in [2.05, 4.69) is 5.32 Å². The molecule has 1 heterocycles. The van der Waals surface area contributed by atoms with Crippen LogP contribution in [0.25, 0.3) is 0 Å². The Morgan fingerprint density at radius 1 is 1.26 bits per heavy atom. The van der Waals surface area contributed by atoms with E-state index in [9.17, 15) is 9.90 Å². The van der Waals surface area contributed by atoms with Gasteiger partial charge in [0.25, 0.3) is 5.91 Å². The summed E-state index contributed by atoms with van der Waals surface area (Å²) < 4.78 is 1.12. The molecular formula is C18H27NO2S2. The predicted molar refractivity (Wildman–Crippen MR) is 97.5 cm³/mol. The quantitative estimate of drug-likeness (QED) is 0.764. The Labute approximate surface area is 147 Å². The first-order chi connectivity index (χ1) is 11.2. The maximum absolute atomic E-state index is 12.6. The van der Waals surface area contributed by atoms with E-state index in [1.807, 2.05) is 6.26 Å². The van der Waals surface area contributed by atoms with Crippen molar-refractivity contribution >= 4 is 29.0 Å². The van der Waals surface area contributed by atoms with Gasteiger partial charge in [-0.15, -0.1) is 23.1 Å². The average Bonchev–Trinajstić information content (AvgIpc) is 2.96. The number of nitrogens with one attached hydrogen (secondary N) is 1. The smallest absolute Gasteiger partial charge is 0.261 e. The third-order valence-corrected chi connectivity index (χ3v) is 7.59. The Morgan fingerprint density at radius 2 is 2.04 bits per heavy atom. The molecule has 0 bridgehead atoms. The molecule has 2 aliphatic rings. The molecule has 1 aromatic heterocycles. The zero-order valence-electron chi connectivity index (χ0n) is 13.9. The van der Waals surface area contributed by atoms with Crippen LogP contribution in [0.5, 0.6) is 0 Å². The number of thioether (sulfide) groups is 1. The van der Waals surface area contributed by atoms with Crippen LogP contribution < -0.4 is 5.32 Å². The van der Waals surface area contributed by atoms with Crippen molar-refractivity contribution < 1.29 is 9.90 Å². The SMILES string of the molecule is CSc1sc(C(=O)NCCC2CCCCC2)c2c1C(O)CCC2. The molecule has 1 saturated carbocycles. The molecule has 5 heteroatoms. The predicted octanol–water partition coefficient (Wildman–Crippen LogP) is 4.54. The zero-order chi connectivity index (χ0) is 16.2. The van der Waals surface area contributed by atoms with Gasteiger partial charge in [0.05, 0.1) is 15.2 Å². The molecule has 128 valence electrons. The van der Waals surface area contributed by atoms with Gasteiger partial charge in [0, 0.05) is 12.1 Å². The highest BCUT2D eigenvalue weighted by atomic mass is 32.2. The molecule has 0 radical (unpaired) electrons. The third-order valence-electron chi connectivity index (χ3n) is 5.21. The van der Waals surface area contributed by atoms with Gasteiger partial charge < -0.3 is 10.4 Å². The van der Waals surface area contributed by atoms with Crippen LogP contribution >= 0.6 is 23.1 Å². The second-order valence-electron chi connectivity index (χ2n) is 6.77. The van der Waals surface area contributed by atoms with E-state index < -0.39 is 0 Å². The maximum atomic E-state index is 12.6. The summed E-state index contributed by atoms with van der Waals surface area (Å²) in [7, 11) is 0. The molecule has 1 unspecified atom stereocenters. The highest BCUT2D eigenvalue weighted by Gasteiger charge is 2.29. The van der Waals surface area contributed by atoms with Crippen LogP contribution in [0.3, 0.4) is 0 Å². The molecule has 3 nitrogen and oxygen atoms in total. The number of carbonyl (C=O) groups excluding carboxylic acids is 1. The average molecular weight is 354 g/mol. The first-order valence-corrected chi connectivity index (χ1v) is 10.9. The van der Waals surface area contributed by atoms with Crippen molar-refractivity contribution in [3.8, 4) is 0 Å². The number of rotatable bonds is 5. The monoisotopic (exact) mass is 353 g/mol. The third kappa shape index (κ3) is 3.94. The Kier molecular flexibility index (Phi) is 6.05. The lowest BCUT2D eigenvalue weighted by Gasteiger charge is -2.21. The lowest BCUT2D eigenvalue weighted by Crippen LogP contribution is -2.27. The van der Waals surface area contributed by atoms with Crippen LogP contribution in [0.2, 0.25) is 0 Å². The first kappa shape index (κ1) is 17.3. The van der Waals surface area contributed by atoms with Gasteiger partial charge in [-0.3, -0.25) is 4.79 Å². The topological polar surface area (TPSA) is 49.3 Å². The summed E-state index contributed by atoms with van der Waals surface area (Å²) >= 11 is 3.21. The van der Waals surface area contributed by atoms with Gasteiger partial charge in [0.15, 0.2) is 0 Å². The molecule has 2 N–H and O–H groups in total.